The van der Waals surface area contributed by atoms with Gasteiger partial charge in [-0.2, -0.15) is 13.2 Å². The minimum Gasteiger partial charge on any atom is -0.393 e. The van der Waals surface area contributed by atoms with Gasteiger partial charge in [-0.05, 0) is 25.7 Å². The molecule has 0 aromatic rings. The summed E-state index contributed by atoms with van der Waals surface area (Å²) in [5.41, 5.74) is 0. The highest BCUT2D eigenvalue weighted by Crippen LogP contribution is 2.27. The normalized spacial score (nSPS) is 29.5. The summed E-state index contributed by atoms with van der Waals surface area (Å²) >= 11 is 0. The number of carbonyl (C=O) groups excluding carboxylic acids is 1. The molecular weight excluding hydrogens is 273 g/mol. The Morgan fingerprint density at radius 3 is 2.50 bits per heavy atom. The van der Waals surface area contributed by atoms with Gasteiger partial charge in [0.1, 0.15) is 0 Å². The fraction of sp³-hybridized carbons (Fsp3) is 0.923. The lowest BCUT2D eigenvalue weighted by molar-refractivity contribution is -0.145. The summed E-state index contributed by atoms with van der Waals surface area (Å²) in [6.07, 6.45) is -2.21. The van der Waals surface area contributed by atoms with Gasteiger partial charge < -0.3 is 10.0 Å². The van der Waals surface area contributed by atoms with Crippen LogP contribution in [0.15, 0.2) is 0 Å². The Kier molecular flexibility index (Phi) is 4.90. The molecule has 1 aliphatic heterocycles. The number of halogens is 3. The quantitative estimate of drug-likeness (QED) is 0.833. The van der Waals surface area contributed by atoms with E-state index in [2.05, 4.69) is 0 Å². The molecule has 0 radical (unpaired) electrons. The molecule has 0 unspecified atom stereocenters. The lowest BCUT2D eigenvalue weighted by Crippen LogP contribution is -2.40. The highest BCUT2D eigenvalue weighted by molar-refractivity contribution is 5.79. The van der Waals surface area contributed by atoms with E-state index in [9.17, 15) is 23.1 Å². The maximum Gasteiger partial charge on any atom is 0.401 e. The number of hydrogen-bond acceptors (Lipinski definition) is 3. The summed E-state index contributed by atoms with van der Waals surface area (Å²) in [7, 11) is 0. The third kappa shape index (κ3) is 4.34. The molecule has 7 heteroatoms. The highest BCUT2D eigenvalue weighted by atomic mass is 19.4. The SMILES string of the molecule is O=C([C@@H]1CC[C@@H](O)C1)N1CCCN(CC(F)(F)F)CC1. The van der Waals surface area contributed by atoms with E-state index >= 15 is 0 Å². The van der Waals surface area contributed by atoms with Crippen LogP contribution in [0.2, 0.25) is 0 Å². The van der Waals surface area contributed by atoms with E-state index in [1.54, 1.807) is 4.90 Å². The molecule has 116 valence electrons. The maximum atomic E-state index is 12.4. The summed E-state index contributed by atoms with van der Waals surface area (Å²) < 4.78 is 37.1. The zero-order valence-corrected chi connectivity index (χ0v) is 11.4. The largest absolute Gasteiger partial charge is 0.401 e. The molecular formula is C13H21F3N2O2. The van der Waals surface area contributed by atoms with E-state index in [0.29, 0.717) is 45.3 Å². The third-order valence-corrected chi connectivity index (χ3v) is 4.06. The first-order chi connectivity index (χ1) is 9.35. The molecule has 4 nitrogen and oxygen atoms in total. The summed E-state index contributed by atoms with van der Waals surface area (Å²) in [6, 6.07) is 0. The molecule has 1 aliphatic carbocycles. The molecule has 20 heavy (non-hydrogen) atoms. The smallest absolute Gasteiger partial charge is 0.393 e. The predicted octanol–water partition coefficient (Wildman–Crippen LogP) is 1.24. The van der Waals surface area contributed by atoms with Crippen molar-refractivity contribution in [2.45, 2.75) is 38.0 Å². The molecule has 2 fully saturated rings. The van der Waals surface area contributed by atoms with Crippen molar-refractivity contribution in [3.8, 4) is 0 Å². The number of amides is 1. The van der Waals surface area contributed by atoms with Crippen molar-refractivity contribution in [3.63, 3.8) is 0 Å². The van der Waals surface area contributed by atoms with Crippen LogP contribution in [0.4, 0.5) is 13.2 Å². The minimum absolute atomic E-state index is 0.00425. The summed E-state index contributed by atoms with van der Waals surface area (Å²) in [4.78, 5) is 15.3. The highest BCUT2D eigenvalue weighted by Gasteiger charge is 2.34. The fourth-order valence-electron chi connectivity index (χ4n) is 3.04. The first-order valence-corrected chi connectivity index (χ1v) is 7.11. The number of alkyl halides is 3. The number of nitrogens with zero attached hydrogens (tertiary/aromatic N) is 2. The average Bonchev–Trinajstić information content (AvgIpc) is 2.64. The Bertz CT molecular complexity index is 349. The predicted molar refractivity (Wildman–Crippen MR) is 67.0 cm³/mol. The molecule has 0 aromatic carbocycles. The summed E-state index contributed by atoms with van der Waals surface area (Å²) in [6.45, 7) is 0.593. The van der Waals surface area contributed by atoms with Gasteiger partial charge in [-0.3, -0.25) is 9.69 Å². The summed E-state index contributed by atoms with van der Waals surface area (Å²) in [5.74, 6) is -0.158. The van der Waals surface area contributed by atoms with Crippen molar-refractivity contribution < 1.29 is 23.1 Å². The first-order valence-electron chi connectivity index (χ1n) is 7.11. The molecule has 2 atom stereocenters. The van der Waals surface area contributed by atoms with Gasteiger partial charge in [0.05, 0.1) is 12.6 Å². The van der Waals surface area contributed by atoms with Gasteiger partial charge in [0.15, 0.2) is 0 Å². The van der Waals surface area contributed by atoms with Gasteiger partial charge in [-0.1, -0.05) is 0 Å². The average molecular weight is 294 g/mol. The molecule has 1 amide bonds. The third-order valence-electron chi connectivity index (χ3n) is 4.06. The second-order valence-corrected chi connectivity index (χ2v) is 5.73. The standard InChI is InChI=1S/C13H21F3N2O2/c14-13(15,16)9-17-4-1-5-18(7-6-17)12(20)10-2-3-11(19)8-10/h10-11,19H,1-9H2/t10-,11-/m1/s1. The molecule has 1 saturated heterocycles. The monoisotopic (exact) mass is 294 g/mol. The number of aliphatic hydroxyl groups is 1. The minimum atomic E-state index is -4.19. The van der Waals surface area contributed by atoms with Crippen molar-refractivity contribution in [1.82, 2.24) is 9.80 Å². The van der Waals surface area contributed by atoms with Crippen molar-refractivity contribution in [2.24, 2.45) is 5.92 Å². The Balaban J connectivity index is 1.84. The molecule has 1 heterocycles. The molecule has 2 aliphatic rings. The van der Waals surface area contributed by atoms with Crippen LogP contribution in [0, 0.1) is 5.92 Å². The molecule has 1 N–H and O–H groups in total. The van der Waals surface area contributed by atoms with Crippen LogP contribution in [0.5, 0.6) is 0 Å². The van der Waals surface area contributed by atoms with Crippen LogP contribution in [-0.4, -0.2) is 65.8 Å². The second kappa shape index (κ2) is 6.30. The molecule has 0 bridgehead atoms. The number of aliphatic hydroxyl groups excluding tert-OH is 1. The van der Waals surface area contributed by atoms with Crippen molar-refractivity contribution in [3.05, 3.63) is 0 Å². The zero-order valence-electron chi connectivity index (χ0n) is 11.4. The Morgan fingerprint density at radius 2 is 1.90 bits per heavy atom. The van der Waals surface area contributed by atoms with E-state index < -0.39 is 18.8 Å². The van der Waals surface area contributed by atoms with Gasteiger partial charge in [-0.15, -0.1) is 0 Å². The van der Waals surface area contributed by atoms with Gasteiger partial charge >= 0.3 is 6.18 Å². The van der Waals surface area contributed by atoms with E-state index in [0.717, 1.165) is 0 Å². The second-order valence-electron chi connectivity index (χ2n) is 5.73. The van der Waals surface area contributed by atoms with Crippen LogP contribution in [-0.2, 0) is 4.79 Å². The number of hydrogen-bond donors (Lipinski definition) is 1. The van der Waals surface area contributed by atoms with Crippen LogP contribution in [0.3, 0.4) is 0 Å². The van der Waals surface area contributed by atoms with Crippen LogP contribution >= 0.6 is 0 Å². The van der Waals surface area contributed by atoms with E-state index in [4.69, 9.17) is 0 Å². The zero-order chi connectivity index (χ0) is 14.8. The van der Waals surface area contributed by atoms with E-state index in [1.807, 2.05) is 0 Å². The van der Waals surface area contributed by atoms with Crippen molar-refractivity contribution in [2.75, 3.05) is 32.7 Å². The molecule has 0 spiro atoms. The summed E-state index contributed by atoms with van der Waals surface area (Å²) in [5, 5.41) is 9.47. The Hall–Kier alpha value is -0.820. The maximum absolute atomic E-state index is 12.4. The first kappa shape index (κ1) is 15.6. The topological polar surface area (TPSA) is 43.8 Å². The molecule has 1 saturated carbocycles. The van der Waals surface area contributed by atoms with Crippen LogP contribution in [0.25, 0.3) is 0 Å². The van der Waals surface area contributed by atoms with Crippen LogP contribution < -0.4 is 0 Å². The van der Waals surface area contributed by atoms with E-state index in [-0.39, 0.29) is 18.4 Å². The molecule has 2 rings (SSSR count). The lowest BCUT2D eigenvalue weighted by atomic mass is 10.1. The Morgan fingerprint density at radius 1 is 1.15 bits per heavy atom. The van der Waals surface area contributed by atoms with Gasteiger partial charge in [0.2, 0.25) is 5.91 Å². The number of carbonyl (C=O) groups is 1. The lowest BCUT2D eigenvalue weighted by Gasteiger charge is -2.24. The molecule has 0 aromatic heterocycles. The van der Waals surface area contributed by atoms with Gasteiger partial charge in [0, 0.05) is 32.1 Å². The number of rotatable bonds is 2. The van der Waals surface area contributed by atoms with E-state index in [1.165, 1.54) is 4.90 Å². The fourth-order valence-corrected chi connectivity index (χ4v) is 3.04. The van der Waals surface area contributed by atoms with Gasteiger partial charge in [0.25, 0.3) is 0 Å². The van der Waals surface area contributed by atoms with Gasteiger partial charge in [-0.25, -0.2) is 0 Å². The Labute approximate surface area is 116 Å². The van der Waals surface area contributed by atoms with Crippen LogP contribution in [0.1, 0.15) is 25.7 Å². The van der Waals surface area contributed by atoms with Crippen molar-refractivity contribution >= 4 is 5.91 Å². The van der Waals surface area contributed by atoms with Crippen molar-refractivity contribution in [1.29, 1.82) is 0 Å².